The molecule has 5 heteroatoms. The Kier molecular flexibility index (Phi) is 5.71. The van der Waals surface area contributed by atoms with E-state index in [9.17, 15) is 4.79 Å². The zero-order valence-corrected chi connectivity index (χ0v) is 13.7. The zero-order valence-electron chi connectivity index (χ0n) is 13.7. The van der Waals surface area contributed by atoms with Crippen LogP contribution in [0.3, 0.4) is 0 Å². The van der Waals surface area contributed by atoms with Crippen molar-refractivity contribution in [3.8, 4) is 11.6 Å². The van der Waals surface area contributed by atoms with Crippen LogP contribution in [0.15, 0.2) is 42.6 Å². The maximum Gasteiger partial charge on any atom is 0.228 e. The normalized spacial score (nSPS) is 13.2. The molecule has 2 unspecified atom stereocenters. The van der Waals surface area contributed by atoms with Crippen molar-refractivity contribution in [2.75, 3.05) is 5.32 Å². The number of rotatable bonds is 6. The van der Waals surface area contributed by atoms with Gasteiger partial charge in [0.25, 0.3) is 0 Å². The Morgan fingerprint density at radius 2 is 2.09 bits per heavy atom. The van der Waals surface area contributed by atoms with Gasteiger partial charge in [0.15, 0.2) is 0 Å². The average molecular weight is 313 g/mol. The predicted octanol–water partition coefficient (Wildman–Crippen LogP) is 3.36. The number of hydrogen-bond donors (Lipinski definition) is 2. The smallest absolute Gasteiger partial charge is 0.228 e. The van der Waals surface area contributed by atoms with Gasteiger partial charge in [0.2, 0.25) is 11.8 Å². The molecule has 3 N–H and O–H groups in total. The molecule has 1 aromatic carbocycles. The molecule has 5 nitrogen and oxygen atoms in total. The summed E-state index contributed by atoms with van der Waals surface area (Å²) in [5.74, 6) is 0.851. The fraction of sp³-hybridized carbons (Fsp3) is 0.333. The second-order valence-corrected chi connectivity index (χ2v) is 5.63. The van der Waals surface area contributed by atoms with E-state index in [1.807, 2.05) is 25.1 Å². The SMILES string of the molecule is CCc1cccc(Oc2ccc(NC(=O)C(C)C(C)N)cn2)c1. The number of amides is 1. The molecule has 0 spiro atoms. The molecular formula is C18H23N3O2. The van der Waals surface area contributed by atoms with Crippen LogP contribution in [0.5, 0.6) is 11.6 Å². The number of benzene rings is 1. The monoisotopic (exact) mass is 313 g/mol. The molecule has 0 saturated carbocycles. The van der Waals surface area contributed by atoms with Crippen molar-refractivity contribution >= 4 is 11.6 Å². The van der Waals surface area contributed by atoms with Gasteiger partial charge in [-0.3, -0.25) is 4.79 Å². The molecule has 1 amide bonds. The number of nitrogens with two attached hydrogens (primary N) is 1. The summed E-state index contributed by atoms with van der Waals surface area (Å²) in [7, 11) is 0. The minimum atomic E-state index is -0.261. The number of carbonyl (C=O) groups is 1. The van der Waals surface area contributed by atoms with Gasteiger partial charge < -0.3 is 15.8 Å². The fourth-order valence-electron chi connectivity index (χ4n) is 1.96. The summed E-state index contributed by atoms with van der Waals surface area (Å²) in [6.45, 7) is 5.70. The first kappa shape index (κ1) is 17.0. The number of nitrogens with zero attached hydrogens (tertiary/aromatic N) is 1. The van der Waals surface area contributed by atoms with E-state index in [4.69, 9.17) is 10.5 Å². The third-order valence-electron chi connectivity index (χ3n) is 3.74. The summed E-state index contributed by atoms with van der Waals surface area (Å²) in [6, 6.07) is 11.2. The Bertz CT molecular complexity index is 654. The van der Waals surface area contributed by atoms with E-state index in [1.165, 1.54) is 5.56 Å². The number of anilines is 1. The quantitative estimate of drug-likeness (QED) is 0.857. The number of ether oxygens (including phenoxy) is 1. The molecule has 2 aromatic rings. The Morgan fingerprint density at radius 1 is 1.30 bits per heavy atom. The van der Waals surface area contributed by atoms with Gasteiger partial charge in [0.1, 0.15) is 5.75 Å². The number of aryl methyl sites for hydroxylation is 1. The Labute approximate surface area is 136 Å². The van der Waals surface area contributed by atoms with Crippen molar-refractivity contribution in [2.45, 2.75) is 33.2 Å². The van der Waals surface area contributed by atoms with Gasteiger partial charge in [0.05, 0.1) is 17.8 Å². The van der Waals surface area contributed by atoms with Crippen LogP contribution in [0, 0.1) is 5.92 Å². The maximum atomic E-state index is 12.0. The summed E-state index contributed by atoms with van der Waals surface area (Å²) in [6.07, 6.45) is 2.53. The highest BCUT2D eigenvalue weighted by Gasteiger charge is 2.17. The lowest BCUT2D eigenvalue weighted by atomic mass is 10.0. The fourth-order valence-corrected chi connectivity index (χ4v) is 1.96. The number of nitrogens with one attached hydrogen (secondary N) is 1. The van der Waals surface area contributed by atoms with E-state index in [-0.39, 0.29) is 17.9 Å². The largest absolute Gasteiger partial charge is 0.439 e. The molecule has 2 atom stereocenters. The van der Waals surface area contributed by atoms with Gasteiger partial charge in [-0.2, -0.15) is 0 Å². The minimum Gasteiger partial charge on any atom is -0.439 e. The third kappa shape index (κ3) is 4.79. The van der Waals surface area contributed by atoms with Crippen molar-refractivity contribution in [2.24, 2.45) is 11.7 Å². The van der Waals surface area contributed by atoms with Crippen LogP contribution in [0.25, 0.3) is 0 Å². The first-order chi connectivity index (χ1) is 11.0. The molecule has 122 valence electrons. The van der Waals surface area contributed by atoms with Gasteiger partial charge in [0, 0.05) is 12.1 Å². The van der Waals surface area contributed by atoms with Crippen molar-refractivity contribution in [3.63, 3.8) is 0 Å². The zero-order chi connectivity index (χ0) is 16.8. The molecule has 0 radical (unpaired) electrons. The Balaban J connectivity index is 2.00. The van der Waals surface area contributed by atoms with E-state index in [2.05, 4.69) is 23.3 Å². The number of hydrogen-bond acceptors (Lipinski definition) is 4. The van der Waals surface area contributed by atoms with Crippen LogP contribution in [-0.4, -0.2) is 16.9 Å². The number of pyridine rings is 1. The molecule has 0 aliphatic rings. The first-order valence-electron chi connectivity index (χ1n) is 7.79. The van der Waals surface area contributed by atoms with Gasteiger partial charge >= 0.3 is 0 Å². The van der Waals surface area contributed by atoms with Crippen molar-refractivity contribution in [3.05, 3.63) is 48.2 Å². The van der Waals surface area contributed by atoms with Crippen LogP contribution < -0.4 is 15.8 Å². The molecule has 0 fully saturated rings. The minimum absolute atomic E-state index is 0.119. The average Bonchev–Trinajstić information content (AvgIpc) is 2.56. The molecule has 23 heavy (non-hydrogen) atoms. The van der Waals surface area contributed by atoms with Crippen LogP contribution in [0.4, 0.5) is 5.69 Å². The molecular weight excluding hydrogens is 290 g/mol. The van der Waals surface area contributed by atoms with Gasteiger partial charge in [-0.05, 0) is 37.1 Å². The number of aromatic nitrogens is 1. The van der Waals surface area contributed by atoms with E-state index >= 15 is 0 Å². The molecule has 2 rings (SSSR count). The second-order valence-electron chi connectivity index (χ2n) is 5.63. The highest BCUT2D eigenvalue weighted by Crippen LogP contribution is 2.22. The van der Waals surface area contributed by atoms with Gasteiger partial charge in [-0.1, -0.05) is 26.0 Å². The Hall–Kier alpha value is -2.40. The molecule has 0 bridgehead atoms. The van der Waals surface area contributed by atoms with Crippen LogP contribution >= 0.6 is 0 Å². The van der Waals surface area contributed by atoms with Crippen molar-refractivity contribution in [1.29, 1.82) is 0 Å². The molecule has 0 aliphatic carbocycles. The standard InChI is InChI=1S/C18H23N3O2/c1-4-14-6-5-7-16(10-14)23-17-9-8-15(11-20-17)21-18(22)12(2)13(3)19/h5-13H,4,19H2,1-3H3,(H,21,22). The molecule has 0 saturated heterocycles. The van der Waals surface area contributed by atoms with Crippen molar-refractivity contribution < 1.29 is 9.53 Å². The van der Waals surface area contributed by atoms with Crippen molar-refractivity contribution in [1.82, 2.24) is 4.98 Å². The lowest BCUT2D eigenvalue weighted by molar-refractivity contribution is -0.119. The molecule has 1 aromatic heterocycles. The molecule has 1 heterocycles. The summed E-state index contributed by atoms with van der Waals surface area (Å²) in [4.78, 5) is 16.2. The summed E-state index contributed by atoms with van der Waals surface area (Å²) in [5.41, 5.74) is 7.55. The van der Waals surface area contributed by atoms with Crippen LogP contribution in [0.1, 0.15) is 26.3 Å². The lowest BCUT2D eigenvalue weighted by Gasteiger charge is -2.15. The van der Waals surface area contributed by atoms with Gasteiger partial charge in [-0.25, -0.2) is 4.98 Å². The topological polar surface area (TPSA) is 77.2 Å². The van der Waals surface area contributed by atoms with Gasteiger partial charge in [-0.15, -0.1) is 0 Å². The Morgan fingerprint density at radius 3 is 2.70 bits per heavy atom. The number of carbonyl (C=O) groups excluding carboxylic acids is 1. The van der Waals surface area contributed by atoms with E-state index < -0.39 is 0 Å². The summed E-state index contributed by atoms with van der Waals surface area (Å²) < 4.78 is 5.72. The third-order valence-corrected chi connectivity index (χ3v) is 3.74. The first-order valence-corrected chi connectivity index (χ1v) is 7.79. The molecule has 0 aliphatic heterocycles. The second kappa shape index (κ2) is 7.74. The highest BCUT2D eigenvalue weighted by molar-refractivity contribution is 5.92. The van der Waals surface area contributed by atoms with E-state index in [0.717, 1.165) is 12.2 Å². The van der Waals surface area contributed by atoms with E-state index in [0.29, 0.717) is 11.6 Å². The van der Waals surface area contributed by atoms with E-state index in [1.54, 1.807) is 25.3 Å². The van der Waals surface area contributed by atoms with Crippen LogP contribution in [0.2, 0.25) is 0 Å². The predicted molar refractivity (Wildman–Crippen MR) is 91.6 cm³/mol. The highest BCUT2D eigenvalue weighted by atomic mass is 16.5. The summed E-state index contributed by atoms with van der Waals surface area (Å²) in [5, 5.41) is 2.80. The summed E-state index contributed by atoms with van der Waals surface area (Å²) >= 11 is 0. The maximum absolute atomic E-state index is 12.0. The lowest BCUT2D eigenvalue weighted by Crippen LogP contribution is -2.34. The van der Waals surface area contributed by atoms with Crippen LogP contribution in [-0.2, 0) is 11.2 Å².